The summed E-state index contributed by atoms with van der Waals surface area (Å²) in [6, 6.07) is 8.18. The highest BCUT2D eigenvalue weighted by Crippen LogP contribution is 2.61. The molecule has 5 nitrogen and oxygen atoms in total. The molecule has 2 aromatic rings. The molecule has 31 heavy (non-hydrogen) atoms. The minimum Gasteiger partial charge on any atom is -0.471 e. The summed E-state index contributed by atoms with van der Waals surface area (Å²) in [6.45, 7) is 6.63. The lowest BCUT2D eigenvalue weighted by molar-refractivity contribution is -0.0727. The monoisotopic (exact) mass is 421 g/mol. The van der Waals surface area contributed by atoms with Crippen molar-refractivity contribution in [1.29, 1.82) is 0 Å². The van der Waals surface area contributed by atoms with Gasteiger partial charge in [-0.15, -0.1) is 0 Å². The van der Waals surface area contributed by atoms with Crippen molar-refractivity contribution in [2.75, 3.05) is 0 Å². The maximum absolute atomic E-state index is 13.1. The fraction of sp³-hybridized carbons (Fsp3) is 0.615. The van der Waals surface area contributed by atoms with E-state index in [0.29, 0.717) is 17.8 Å². The first kappa shape index (κ1) is 20.6. The molecule has 0 radical (unpaired) electrons. The van der Waals surface area contributed by atoms with Gasteiger partial charge >= 0.3 is 0 Å². The van der Waals surface area contributed by atoms with Gasteiger partial charge < -0.3 is 10.1 Å². The zero-order chi connectivity index (χ0) is 21.6. The Morgan fingerprint density at radius 2 is 1.84 bits per heavy atom. The highest BCUT2D eigenvalue weighted by atomic mass is 16.5. The third kappa shape index (κ3) is 3.99. The van der Waals surface area contributed by atoms with Gasteiger partial charge in [0.25, 0.3) is 5.91 Å². The number of hydrogen-bond acceptors (Lipinski definition) is 3. The molecule has 6 rings (SSSR count). The number of aryl methyl sites for hydroxylation is 2. The molecule has 1 N–H and O–H groups in total. The zero-order valence-corrected chi connectivity index (χ0v) is 19.1. The van der Waals surface area contributed by atoms with E-state index in [-0.39, 0.29) is 11.9 Å². The van der Waals surface area contributed by atoms with E-state index in [9.17, 15) is 4.79 Å². The first-order chi connectivity index (χ1) is 14.9. The van der Waals surface area contributed by atoms with Gasteiger partial charge in [-0.05, 0) is 99.7 Å². The number of rotatable bonds is 7. The fourth-order valence-corrected chi connectivity index (χ4v) is 7.18. The van der Waals surface area contributed by atoms with E-state index in [1.807, 2.05) is 25.3 Å². The van der Waals surface area contributed by atoms with Crippen LogP contribution in [0.25, 0.3) is 0 Å². The number of nitrogens with zero attached hydrogens (tertiary/aromatic N) is 2. The number of carbonyl (C=O) groups excluding carboxylic acids is 1. The zero-order valence-electron chi connectivity index (χ0n) is 19.1. The van der Waals surface area contributed by atoms with Gasteiger partial charge in [0.1, 0.15) is 11.4 Å². The Balaban J connectivity index is 1.23. The van der Waals surface area contributed by atoms with Gasteiger partial charge in [-0.2, -0.15) is 5.10 Å². The van der Waals surface area contributed by atoms with E-state index in [1.165, 1.54) is 44.1 Å². The second-order valence-corrected chi connectivity index (χ2v) is 10.5. The molecule has 1 atom stereocenters. The van der Waals surface area contributed by atoms with E-state index in [0.717, 1.165) is 35.5 Å². The first-order valence-corrected chi connectivity index (χ1v) is 12.0. The van der Waals surface area contributed by atoms with Crippen molar-refractivity contribution in [3.63, 3.8) is 0 Å². The number of ether oxygens (including phenoxy) is 1. The van der Waals surface area contributed by atoms with Gasteiger partial charge in [0.2, 0.25) is 0 Å². The molecule has 1 aromatic heterocycles. The summed E-state index contributed by atoms with van der Waals surface area (Å²) in [4.78, 5) is 13.1. The van der Waals surface area contributed by atoms with Gasteiger partial charge in [-0.3, -0.25) is 4.79 Å². The minimum absolute atomic E-state index is 0.0483. The molecule has 0 spiro atoms. The summed E-state index contributed by atoms with van der Waals surface area (Å²) in [6.07, 6.45) is 11.0. The van der Waals surface area contributed by atoms with Crippen LogP contribution in [0.5, 0.6) is 5.75 Å². The van der Waals surface area contributed by atoms with Crippen molar-refractivity contribution in [3.05, 3.63) is 47.3 Å². The molecular weight excluding hydrogens is 386 g/mol. The van der Waals surface area contributed by atoms with Gasteiger partial charge in [-0.1, -0.05) is 24.6 Å². The molecule has 4 bridgehead atoms. The molecular formula is C26H35N3O2. The van der Waals surface area contributed by atoms with Gasteiger partial charge in [0, 0.05) is 12.2 Å². The summed E-state index contributed by atoms with van der Waals surface area (Å²) in [5.74, 6) is 3.46. The molecule has 166 valence electrons. The molecule has 5 heteroatoms. The van der Waals surface area contributed by atoms with E-state index < -0.39 is 0 Å². The van der Waals surface area contributed by atoms with Crippen LogP contribution in [0.15, 0.2) is 30.5 Å². The Labute approximate surface area is 185 Å². The van der Waals surface area contributed by atoms with Crippen LogP contribution in [0.1, 0.15) is 73.5 Å². The van der Waals surface area contributed by atoms with Crippen LogP contribution in [0.3, 0.4) is 0 Å². The molecule has 1 amide bonds. The predicted molar refractivity (Wildman–Crippen MR) is 121 cm³/mol. The van der Waals surface area contributed by atoms with Crippen molar-refractivity contribution in [2.24, 2.45) is 23.2 Å². The quantitative estimate of drug-likeness (QED) is 0.663. The molecule has 4 aliphatic rings. The van der Waals surface area contributed by atoms with Crippen LogP contribution < -0.4 is 10.1 Å². The molecule has 4 aliphatic carbocycles. The van der Waals surface area contributed by atoms with Crippen LogP contribution in [0.2, 0.25) is 0 Å². The van der Waals surface area contributed by atoms with Crippen molar-refractivity contribution < 1.29 is 9.53 Å². The number of carbonyl (C=O) groups is 1. The summed E-state index contributed by atoms with van der Waals surface area (Å²) in [5.41, 5.74) is 3.11. The Morgan fingerprint density at radius 3 is 2.45 bits per heavy atom. The molecule has 4 saturated carbocycles. The number of benzene rings is 1. The topological polar surface area (TPSA) is 56.2 Å². The number of hydrogen-bond donors (Lipinski definition) is 1. The molecule has 0 saturated heterocycles. The van der Waals surface area contributed by atoms with Gasteiger partial charge in [0.15, 0.2) is 6.73 Å². The molecule has 1 unspecified atom stereocenters. The lowest BCUT2D eigenvalue weighted by Gasteiger charge is -2.59. The summed E-state index contributed by atoms with van der Waals surface area (Å²) < 4.78 is 7.60. The van der Waals surface area contributed by atoms with Crippen LogP contribution in [0, 0.1) is 37.0 Å². The molecule has 1 aromatic carbocycles. The highest BCUT2D eigenvalue weighted by molar-refractivity contribution is 5.92. The van der Waals surface area contributed by atoms with Crippen LogP contribution in [0.4, 0.5) is 0 Å². The summed E-state index contributed by atoms with van der Waals surface area (Å²) in [7, 11) is 0. The molecule has 0 aliphatic heterocycles. The van der Waals surface area contributed by atoms with Crippen LogP contribution in [-0.4, -0.2) is 21.7 Å². The normalized spacial score (nSPS) is 29.7. The second kappa shape index (κ2) is 7.99. The minimum atomic E-state index is -0.0483. The van der Waals surface area contributed by atoms with Crippen molar-refractivity contribution >= 4 is 5.91 Å². The number of aromatic nitrogens is 2. The Morgan fingerprint density at radius 1 is 1.16 bits per heavy atom. The highest BCUT2D eigenvalue weighted by Gasteiger charge is 2.54. The Hall–Kier alpha value is -2.30. The maximum Gasteiger partial charge on any atom is 0.272 e. The predicted octanol–water partition coefficient (Wildman–Crippen LogP) is 5.26. The van der Waals surface area contributed by atoms with Crippen molar-refractivity contribution in [3.8, 4) is 5.75 Å². The fourth-order valence-electron chi connectivity index (χ4n) is 7.18. The smallest absolute Gasteiger partial charge is 0.272 e. The average Bonchev–Trinajstić information content (AvgIpc) is 3.19. The Bertz CT molecular complexity index is 928. The second-order valence-electron chi connectivity index (χ2n) is 10.5. The average molecular weight is 422 g/mol. The number of nitrogens with one attached hydrogen (secondary N) is 1. The maximum atomic E-state index is 13.1. The summed E-state index contributed by atoms with van der Waals surface area (Å²) >= 11 is 0. The first-order valence-electron chi connectivity index (χ1n) is 12.0. The van der Waals surface area contributed by atoms with E-state index in [1.54, 1.807) is 10.7 Å². The van der Waals surface area contributed by atoms with E-state index >= 15 is 0 Å². The number of amides is 1. The standard InChI is InChI=1S/C26H35N3O2/c1-4-24(26-13-19-10-20(14-26)12-21(11-19)15-26)27-25(30)22-7-8-29(28-22)16-31-23-6-5-17(2)9-18(23)3/h5-9,19-21,24H,4,10-16H2,1-3H3,(H,27,30). The van der Waals surface area contributed by atoms with Gasteiger partial charge in [0.05, 0.1) is 0 Å². The van der Waals surface area contributed by atoms with Crippen LogP contribution >= 0.6 is 0 Å². The van der Waals surface area contributed by atoms with Gasteiger partial charge in [-0.25, -0.2) is 4.68 Å². The lowest BCUT2D eigenvalue weighted by Crippen LogP contribution is -2.56. The summed E-state index contributed by atoms with van der Waals surface area (Å²) in [5, 5.41) is 7.87. The van der Waals surface area contributed by atoms with Crippen LogP contribution in [-0.2, 0) is 6.73 Å². The lowest BCUT2D eigenvalue weighted by atomic mass is 9.47. The largest absolute Gasteiger partial charge is 0.471 e. The SMILES string of the molecule is CCC(NC(=O)c1ccn(COc2ccc(C)cc2C)n1)C12CC3CC(CC(C3)C1)C2. The molecule has 1 heterocycles. The molecule has 4 fully saturated rings. The van der Waals surface area contributed by atoms with Crippen molar-refractivity contribution in [1.82, 2.24) is 15.1 Å². The Kier molecular flexibility index (Phi) is 5.31. The van der Waals surface area contributed by atoms with E-state index in [4.69, 9.17) is 4.74 Å². The third-order valence-electron chi connectivity index (χ3n) is 8.09. The van der Waals surface area contributed by atoms with E-state index in [2.05, 4.69) is 30.3 Å². The third-order valence-corrected chi connectivity index (χ3v) is 8.09. The van der Waals surface area contributed by atoms with Crippen molar-refractivity contribution in [2.45, 2.75) is 78.5 Å².